The van der Waals surface area contributed by atoms with Gasteiger partial charge in [0.15, 0.2) is 0 Å². The maximum Gasteiger partial charge on any atom is 0.316 e. The molecule has 26 heavy (non-hydrogen) atoms. The molecule has 1 aromatic heterocycles. The van der Waals surface area contributed by atoms with Gasteiger partial charge < -0.3 is 9.13 Å². The molecule has 0 saturated heterocycles. The average Bonchev–Trinajstić information content (AvgIpc) is 2.64. The smallest absolute Gasteiger partial charge is 0.305 e. The lowest BCUT2D eigenvalue weighted by Crippen LogP contribution is -2.39. The summed E-state index contributed by atoms with van der Waals surface area (Å²) in [6, 6.07) is 13.2. The average molecular weight is 373 g/mol. The van der Waals surface area contributed by atoms with Gasteiger partial charge in [-0.2, -0.15) is 0 Å². The van der Waals surface area contributed by atoms with E-state index < -0.39 is 27.2 Å². The Labute approximate surface area is 150 Å². The zero-order chi connectivity index (χ0) is 19.1. The molecule has 0 aliphatic rings. The summed E-state index contributed by atoms with van der Waals surface area (Å²) >= 11 is 0. The topological polar surface area (TPSA) is 90.2 Å². The highest BCUT2D eigenvalue weighted by atomic mass is 32.2. The van der Waals surface area contributed by atoms with Crippen molar-refractivity contribution in [1.82, 2.24) is 13.9 Å². The monoisotopic (exact) mass is 373 g/mol. The van der Waals surface area contributed by atoms with E-state index in [4.69, 9.17) is 0 Å². The van der Waals surface area contributed by atoms with E-state index in [9.17, 15) is 18.0 Å². The highest BCUT2D eigenvalue weighted by Gasteiger charge is 2.20. The Balaban J connectivity index is 2.07. The molecule has 0 spiro atoms. The van der Waals surface area contributed by atoms with Gasteiger partial charge in [0.25, 0.3) is 0 Å². The molecule has 1 N–H and O–H groups in total. The molecule has 7 nitrogen and oxygen atoms in total. The van der Waals surface area contributed by atoms with Crippen molar-refractivity contribution >= 4 is 21.1 Å². The zero-order valence-electron chi connectivity index (χ0n) is 14.6. The predicted molar refractivity (Wildman–Crippen MR) is 99.6 cm³/mol. The van der Waals surface area contributed by atoms with Crippen molar-refractivity contribution in [2.24, 2.45) is 14.1 Å². The third-order valence-electron chi connectivity index (χ3n) is 4.40. The van der Waals surface area contributed by atoms with Crippen LogP contribution in [0.2, 0.25) is 0 Å². The summed E-state index contributed by atoms with van der Waals surface area (Å²) in [6.45, 7) is 1.76. The first kappa shape index (κ1) is 18.1. The SMILES string of the molecule is C[C@@H](NS(=O)(=O)c1ccc2c(c1)n(C)c(=O)c(=O)n2C)c1ccccc1. The van der Waals surface area contributed by atoms with Gasteiger partial charge >= 0.3 is 11.1 Å². The van der Waals surface area contributed by atoms with Crippen molar-refractivity contribution in [3.63, 3.8) is 0 Å². The normalized spacial score (nSPS) is 13.0. The fraction of sp³-hybridized carbons (Fsp3) is 0.222. The molecule has 0 aliphatic carbocycles. The molecule has 0 amide bonds. The zero-order valence-corrected chi connectivity index (χ0v) is 15.4. The Kier molecular flexibility index (Phi) is 4.55. The van der Waals surface area contributed by atoms with E-state index in [0.29, 0.717) is 11.0 Å². The minimum Gasteiger partial charge on any atom is -0.305 e. The second-order valence-corrected chi connectivity index (χ2v) is 7.85. The van der Waals surface area contributed by atoms with Gasteiger partial charge in [0, 0.05) is 20.1 Å². The second-order valence-electron chi connectivity index (χ2n) is 6.13. The van der Waals surface area contributed by atoms with Gasteiger partial charge in [0.2, 0.25) is 10.0 Å². The summed E-state index contributed by atoms with van der Waals surface area (Å²) in [5.41, 5.74) is 0.317. The molecule has 1 atom stereocenters. The van der Waals surface area contributed by atoms with Gasteiger partial charge in [0.1, 0.15) is 0 Å². The summed E-state index contributed by atoms with van der Waals surface area (Å²) in [5, 5.41) is 0. The summed E-state index contributed by atoms with van der Waals surface area (Å²) < 4.78 is 30.5. The molecular formula is C18H19N3O4S. The molecule has 0 radical (unpaired) electrons. The molecule has 3 aromatic rings. The van der Waals surface area contributed by atoms with Crippen molar-refractivity contribution in [2.45, 2.75) is 17.9 Å². The molecule has 0 unspecified atom stereocenters. The number of aryl methyl sites for hydroxylation is 2. The number of aromatic nitrogens is 2. The Morgan fingerprint density at radius 3 is 2.08 bits per heavy atom. The third-order valence-corrected chi connectivity index (χ3v) is 5.94. The van der Waals surface area contributed by atoms with Crippen LogP contribution in [-0.4, -0.2) is 17.6 Å². The fourth-order valence-corrected chi connectivity index (χ4v) is 4.09. The highest BCUT2D eigenvalue weighted by molar-refractivity contribution is 7.89. The first-order chi connectivity index (χ1) is 12.2. The highest BCUT2D eigenvalue weighted by Crippen LogP contribution is 2.20. The Morgan fingerprint density at radius 1 is 0.885 bits per heavy atom. The van der Waals surface area contributed by atoms with Crippen LogP contribution in [0, 0.1) is 0 Å². The quantitative estimate of drug-likeness (QED) is 0.698. The summed E-state index contributed by atoms with van der Waals surface area (Å²) in [7, 11) is -0.875. The van der Waals surface area contributed by atoms with Crippen molar-refractivity contribution in [3.05, 3.63) is 74.8 Å². The first-order valence-corrected chi connectivity index (χ1v) is 9.48. The molecule has 0 saturated carbocycles. The molecule has 136 valence electrons. The largest absolute Gasteiger partial charge is 0.316 e. The van der Waals surface area contributed by atoms with Gasteiger partial charge in [0.05, 0.1) is 15.9 Å². The minimum atomic E-state index is -3.80. The fourth-order valence-electron chi connectivity index (χ4n) is 2.84. The van der Waals surface area contributed by atoms with Crippen molar-refractivity contribution in [1.29, 1.82) is 0 Å². The van der Waals surface area contributed by atoms with Gasteiger partial charge in [-0.1, -0.05) is 30.3 Å². The summed E-state index contributed by atoms with van der Waals surface area (Å²) in [5.74, 6) is 0. The number of nitrogens with one attached hydrogen (secondary N) is 1. The van der Waals surface area contributed by atoms with Crippen LogP contribution in [0.3, 0.4) is 0 Å². The number of hydrogen-bond donors (Lipinski definition) is 1. The number of hydrogen-bond acceptors (Lipinski definition) is 4. The van der Waals surface area contributed by atoms with Crippen LogP contribution in [0.5, 0.6) is 0 Å². The lowest BCUT2D eigenvalue weighted by molar-refractivity contribution is 0.567. The van der Waals surface area contributed by atoms with Gasteiger partial charge in [-0.05, 0) is 30.7 Å². The van der Waals surface area contributed by atoms with E-state index in [1.54, 1.807) is 6.92 Å². The van der Waals surface area contributed by atoms with Crippen LogP contribution >= 0.6 is 0 Å². The molecule has 1 heterocycles. The van der Waals surface area contributed by atoms with Crippen LogP contribution < -0.4 is 15.8 Å². The van der Waals surface area contributed by atoms with E-state index in [1.807, 2.05) is 30.3 Å². The maximum absolute atomic E-state index is 12.7. The van der Waals surface area contributed by atoms with Crippen molar-refractivity contribution in [2.75, 3.05) is 0 Å². The molecular weight excluding hydrogens is 354 g/mol. The standard InChI is InChI=1S/C18H19N3O4S/c1-12(13-7-5-4-6-8-13)19-26(24,25)14-9-10-15-16(11-14)21(3)18(23)17(22)20(15)2/h4-12,19H,1-3H3/t12-/m1/s1. The molecule has 8 heteroatoms. The van der Waals surface area contributed by atoms with Gasteiger partial charge in [-0.3, -0.25) is 9.59 Å². The van der Waals surface area contributed by atoms with E-state index in [-0.39, 0.29) is 4.90 Å². The van der Waals surface area contributed by atoms with Gasteiger partial charge in [-0.15, -0.1) is 0 Å². The van der Waals surface area contributed by atoms with E-state index in [1.165, 1.54) is 36.9 Å². The predicted octanol–water partition coefficient (Wildman–Crippen LogP) is 1.28. The van der Waals surface area contributed by atoms with Gasteiger partial charge in [-0.25, -0.2) is 13.1 Å². The molecule has 2 aromatic carbocycles. The first-order valence-electron chi connectivity index (χ1n) is 7.99. The lowest BCUT2D eigenvalue weighted by Gasteiger charge is -2.16. The summed E-state index contributed by atoms with van der Waals surface area (Å²) in [4.78, 5) is 23.9. The number of sulfonamides is 1. The summed E-state index contributed by atoms with van der Waals surface area (Å²) in [6.07, 6.45) is 0. The number of rotatable bonds is 4. The van der Waals surface area contributed by atoms with E-state index in [0.717, 1.165) is 10.1 Å². The van der Waals surface area contributed by atoms with Crippen LogP contribution in [0.25, 0.3) is 11.0 Å². The number of fused-ring (bicyclic) bond motifs is 1. The number of nitrogens with zero attached hydrogens (tertiary/aromatic N) is 2. The molecule has 0 aliphatic heterocycles. The second kappa shape index (κ2) is 6.54. The van der Waals surface area contributed by atoms with Crippen LogP contribution in [0.4, 0.5) is 0 Å². The Hall–Kier alpha value is -2.71. The van der Waals surface area contributed by atoms with Crippen molar-refractivity contribution < 1.29 is 8.42 Å². The third kappa shape index (κ3) is 3.09. The minimum absolute atomic E-state index is 0.0291. The Morgan fingerprint density at radius 2 is 1.46 bits per heavy atom. The molecule has 3 rings (SSSR count). The lowest BCUT2D eigenvalue weighted by atomic mass is 10.1. The van der Waals surface area contributed by atoms with Crippen molar-refractivity contribution in [3.8, 4) is 0 Å². The van der Waals surface area contributed by atoms with Crippen LogP contribution in [0.1, 0.15) is 18.5 Å². The maximum atomic E-state index is 12.7. The van der Waals surface area contributed by atoms with Crippen LogP contribution in [0.15, 0.2) is 63.0 Å². The molecule has 0 bridgehead atoms. The number of benzene rings is 2. The Bertz CT molecular complexity index is 1190. The molecule has 0 fully saturated rings. The van der Waals surface area contributed by atoms with E-state index >= 15 is 0 Å². The van der Waals surface area contributed by atoms with Crippen LogP contribution in [-0.2, 0) is 24.1 Å². The van der Waals surface area contributed by atoms with E-state index in [2.05, 4.69) is 4.72 Å².